The molecule has 0 saturated heterocycles. The predicted octanol–water partition coefficient (Wildman–Crippen LogP) is 2.79. The van der Waals surface area contributed by atoms with Crippen LogP contribution in [0.4, 0.5) is 0 Å². The normalized spacial score (nSPS) is 21.4. The summed E-state index contributed by atoms with van der Waals surface area (Å²) in [5, 5.41) is 3.51. The Morgan fingerprint density at radius 1 is 1.43 bits per heavy atom. The molecule has 0 bridgehead atoms. The third kappa shape index (κ3) is 2.48. The van der Waals surface area contributed by atoms with E-state index in [2.05, 4.69) is 17.5 Å². The lowest BCUT2D eigenvalue weighted by molar-refractivity contribution is 0.416. The van der Waals surface area contributed by atoms with E-state index in [1.54, 1.807) is 0 Å². The van der Waals surface area contributed by atoms with Crippen LogP contribution in [0, 0.1) is 6.92 Å². The molecule has 1 N–H and O–H groups in total. The molecule has 1 aromatic rings. The van der Waals surface area contributed by atoms with Gasteiger partial charge in [0, 0.05) is 6.04 Å². The van der Waals surface area contributed by atoms with E-state index in [-0.39, 0.29) is 0 Å². The maximum atomic E-state index is 5.49. The highest BCUT2D eigenvalue weighted by Gasteiger charge is 2.09. The van der Waals surface area contributed by atoms with Crippen molar-refractivity contribution in [3.63, 3.8) is 0 Å². The fourth-order valence-corrected chi connectivity index (χ4v) is 1.80. The molecule has 0 radical (unpaired) electrons. The number of aryl methyl sites for hydroxylation is 1. The van der Waals surface area contributed by atoms with E-state index in [0.717, 1.165) is 24.5 Å². The zero-order valence-electron chi connectivity index (χ0n) is 8.62. The van der Waals surface area contributed by atoms with Crippen molar-refractivity contribution in [1.29, 1.82) is 0 Å². The van der Waals surface area contributed by atoms with Gasteiger partial charge in [0.05, 0.1) is 6.54 Å². The maximum Gasteiger partial charge on any atom is 0.117 e. The molecule has 0 saturated carbocycles. The molecular weight excluding hydrogens is 174 g/mol. The summed E-state index contributed by atoms with van der Waals surface area (Å²) in [4.78, 5) is 0. The Morgan fingerprint density at radius 2 is 2.36 bits per heavy atom. The van der Waals surface area contributed by atoms with Gasteiger partial charge in [-0.1, -0.05) is 12.2 Å². The SMILES string of the molecule is Cc1ccc(CNC2CC=CCC2)o1. The first-order valence-corrected chi connectivity index (χ1v) is 5.28. The smallest absolute Gasteiger partial charge is 0.117 e. The minimum Gasteiger partial charge on any atom is -0.465 e. The average Bonchev–Trinajstić information content (AvgIpc) is 2.63. The molecule has 1 aliphatic rings. The van der Waals surface area contributed by atoms with E-state index in [1.807, 2.05) is 19.1 Å². The average molecular weight is 191 g/mol. The number of furan rings is 1. The molecule has 2 rings (SSSR count). The highest BCUT2D eigenvalue weighted by Crippen LogP contribution is 2.12. The molecule has 76 valence electrons. The Bertz CT molecular complexity index is 314. The molecule has 0 aromatic carbocycles. The van der Waals surface area contributed by atoms with Crippen LogP contribution in [0.15, 0.2) is 28.7 Å². The summed E-state index contributed by atoms with van der Waals surface area (Å²) >= 11 is 0. The van der Waals surface area contributed by atoms with Crippen LogP contribution in [0.5, 0.6) is 0 Å². The summed E-state index contributed by atoms with van der Waals surface area (Å²) in [6.07, 6.45) is 8.12. The number of nitrogens with one attached hydrogen (secondary N) is 1. The first kappa shape index (κ1) is 9.53. The zero-order chi connectivity index (χ0) is 9.80. The molecule has 0 spiro atoms. The second kappa shape index (κ2) is 4.47. The van der Waals surface area contributed by atoms with Gasteiger partial charge >= 0.3 is 0 Å². The highest BCUT2D eigenvalue weighted by molar-refractivity contribution is 5.05. The van der Waals surface area contributed by atoms with Crippen LogP contribution >= 0.6 is 0 Å². The summed E-state index contributed by atoms with van der Waals surface area (Å²) in [7, 11) is 0. The lowest BCUT2D eigenvalue weighted by atomic mass is 10.0. The van der Waals surface area contributed by atoms with Gasteiger partial charge in [0.1, 0.15) is 11.5 Å². The minimum atomic E-state index is 0.630. The van der Waals surface area contributed by atoms with Gasteiger partial charge in [0.15, 0.2) is 0 Å². The Labute approximate surface area is 85.0 Å². The monoisotopic (exact) mass is 191 g/mol. The quantitative estimate of drug-likeness (QED) is 0.743. The summed E-state index contributed by atoms with van der Waals surface area (Å²) in [6.45, 7) is 2.83. The van der Waals surface area contributed by atoms with Gasteiger partial charge in [-0.25, -0.2) is 0 Å². The third-order valence-corrected chi connectivity index (χ3v) is 2.63. The second-order valence-electron chi connectivity index (χ2n) is 3.87. The van der Waals surface area contributed by atoms with E-state index in [9.17, 15) is 0 Å². The molecule has 1 aliphatic carbocycles. The van der Waals surface area contributed by atoms with Gasteiger partial charge in [0.2, 0.25) is 0 Å². The van der Waals surface area contributed by atoms with Crippen LogP contribution in [-0.4, -0.2) is 6.04 Å². The van der Waals surface area contributed by atoms with Gasteiger partial charge < -0.3 is 9.73 Å². The third-order valence-electron chi connectivity index (χ3n) is 2.63. The Kier molecular flexibility index (Phi) is 3.04. The molecule has 0 fully saturated rings. The first-order chi connectivity index (χ1) is 6.84. The minimum absolute atomic E-state index is 0.630. The molecule has 1 heterocycles. The van der Waals surface area contributed by atoms with E-state index >= 15 is 0 Å². The topological polar surface area (TPSA) is 25.2 Å². The fraction of sp³-hybridized carbons (Fsp3) is 0.500. The van der Waals surface area contributed by atoms with Crippen molar-refractivity contribution >= 4 is 0 Å². The molecule has 14 heavy (non-hydrogen) atoms. The Hall–Kier alpha value is -1.02. The maximum absolute atomic E-state index is 5.49. The van der Waals surface area contributed by atoms with Crippen molar-refractivity contribution < 1.29 is 4.42 Å². The van der Waals surface area contributed by atoms with Crippen molar-refractivity contribution in [2.75, 3.05) is 0 Å². The van der Waals surface area contributed by atoms with Crippen LogP contribution < -0.4 is 5.32 Å². The van der Waals surface area contributed by atoms with E-state index in [0.29, 0.717) is 6.04 Å². The fourth-order valence-electron chi connectivity index (χ4n) is 1.80. The number of allylic oxidation sites excluding steroid dienone is 1. The molecule has 2 heteroatoms. The lowest BCUT2D eigenvalue weighted by Gasteiger charge is -2.18. The summed E-state index contributed by atoms with van der Waals surface area (Å²) in [6, 6.07) is 4.68. The lowest BCUT2D eigenvalue weighted by Crippen LogP contribution is -2.28. The van der Waals surface area contributed by atoms with Crippen LogP contribution in [0.2, 0.25) is 0 Å². The van der Waals surface area contributed by atoms with Gasteiger partial charge in [-0.3, -0.25) is 0 Å². The Morgan fingerprint density at radius 3 is 3.00 bits per heavy atom. The molecule has 0 aliphatic heterocycles. The van der Waals surface area contributed by atoms with Crippen molar-refractivity contribution in [2.45, 2.75) is 38.8 Å². The highest BCUT2D eigenvalue weighted by atomic mass is 16.3. The standard InChI is InChI=1S/C12H17NO/c1-10-7-8-12(14-10)9-13-11-5-3-2-4-6-11/h2-3,7-8,11,13H,4-6,9H2,1H3. The van der Waals surface area contributed by atoms with Crippen molar-refractivity contribution in [2.24, 2.45) is 0 Å². The summed E-state index contributed by atoms with van der Waals surface area (Å²) < 4.78 is 5.49. The largest absolute Gasteiger partial charge is 0.465 e. The second-order valence-corrected chi connectivity index (χ2v) is 3.87. The molecule has 1 aromatic heterocycles. The number of rotatable bonds is 3. The molecular formula is C12H17NO. The van der Waals surface area contributed by atoms with Gasteiger partial charge in [-0.05, 0) is 38.3 Å². The zero-order valence-corrected chi connectivity index (χ0v) is 8.62. The molecule has 1 unspecified atom stereocenters. The molecule has 1 atom stereocenters. The van der Waals surface area contributed by atoms with E-state index < -0.39 is 0 Å². The van der Waals surface area contributed by atoms with Crippen molar-refractivity contribution in [1.82, 2.24) is 5.32 Å². The van der Waals surface area contributed by atoms with Crippen molar-refractivity contribution in [3.05, 3.63) is 35.8 Å². The van der Waals surface area contributed by atoms with Crippen LogP contribution in [-0.2, 0) is 6.54 Å². The molecule has 0 amide bonds. The van der Waals surface area contributed by atoms with Crippen molar-refractivity contribution in [3.8, 4) is 0 Å². The number of hydrogen-bond donors (Lipinski definition) is 1. The van der Waals surface area contributed by atoms with Crippen LogP contribution in [0.25, 0.3) is 0 Å². The van der Waals surface area contributed by atoms with Gasteiger partial charge in [-0.15, -0.1) is 0 Å². The van der Waals surface area contributed by atoms with E-state index in [1.165, 1.54) is 12.8 Å². The number of hydrogen-bond acceptors (Lipinski definition) is 2. The molecule has 2 nitrogen and oxygen atoms in total. The van der Waals surface area contributed by atoms with Gasteiger partial charge in [-0.2, -0.15) is 0 Å². The summed E-state index contributed by atoms with van der Waals surface area (Å²) in [5.74, 6) is 2.03. The Balaban J connectivity index is 1.79. The van der Waals surface area contributed by atoms with Crippen LogP contribution in [0.3, 0.4) is 0 Å². The van der Waals surface area contributed by atoms with E-state index in [4.69, 9.17) is 4.42 Å². The summed E-state index contributed by atoms with van der Waals surface area (Å²) in [5.41, 5.74) is 0. The first-order valence-electron chi connectivity index (χ1n) is 5.28. The van der Waals surface area contributed by atoms with Crippen LogP contribution in [0.1, 0.15) is 30.8 Å². The predicted molar refractivity (Wildman–Crippen MR) is 57.1 cm³/mol. The van der Waals surface area contributed by atoms with Gasteiger partial charge in [0.25, 0.3) is 0 Å².